The summed E-state index contributed by atoms with van der Waals surface area (Å²) in [4.78, 5) is 1.89. The Labute approximate surface area is 207 Å². The number of nitrogens with one attached hydrogen (secondary N) is 1. The van der Waals surface area contributed by atoms with Gasteiger partial charge in [0.2, 0.25) is 0 Å². The molecule has 186 valence electrons. The minimum atomic E-state index is -4.40. The van der Waals surface area contributed by atoms with Gasteiger partial charge in [0.25, 0.3) is 0 Å². The monoisotopic (exact) mass is 494 g/mol. The van der Waals surface area contributed by atoms with Crippen LogP contribution in [0.1, 0.15) is 30.5 Å². The molecule has 2 atom stereocenters. The van der Waals surface area contributed by atoms with E-state index in [0.29, 0.717) is 36.6 Å². The lowest BCUT2D eigenvalue weighted by Crippen LogP contribution is -2.39. The van der Waals surface area contributed by atoms with Gasteiger partial charge in [-0.2, -0.15) is 13.2 Å². The van der Waals surface area contributed by atoms with E-state index < -0.39 is 17.6 Å². The number of hydrogen-bond donors (Lipinski definition) is 1. The zero-order valence-electron chi connectivity index (χ0n) is 19.7. The second-order valence-corrected chi connectivity index (χ2v) is 9.04. The van der Waals surface area contributed by atoms with Crippen LogP contribution in [0.4, 0.5) is 28.9 Å². The Morgan fingerprint density at radius 3 is 2.50 bits per heavy atom. The molecule has 1 heterocycles. The number of ether oxygens (including phenoxy) is 1. The van der Waals surface area contributed by atoms with Crippen molar-refractivity contribution in [2.24, 2.45) is 0 Å². The minimum Gasteiger partial charge on any atom is -0.486 e. The lowest BCUT2D eigenvalue weighted by Gasteiger charge is -2.36. The first-order chi connectivity index (χ1) is 17.3. The lowest BCUT2D eigenvalue weighted by atomic mass is 9.99. The molecule has 3 nitrogen and oxygen atoms in total. The molecule has 1 aliphatic rings. The fraction of sp³-hybridized carbons (Fsp3) is 0.241. The third kappa shape index (κ3) is 5.02. The van der Waals surface area contributed by atoms with E-state index in [0.717, 1.165) is 12.1 Å². The first-order valence-electron chi connectivity index (χ1n) is 11.9. The van der Waals surface area contributed by atoms with Crippen LogP contribution >= 0.6 is 0 Å². The van der Waals surface area contributed by atoms with Crippen molar-refractivity contribution in [2.45, 2.75) is 31.7 Å². The van der Waals surface area contributed by atoms with Gasteiger partial charge in [0.1, 0.15) is 17.7 Å². The van der Waals surface area contributed by atoms with Crippen LogP contribution in [0.2, 0.25) is 0 Å². The molecule has 0 amide bonds. The number of anilines is 2. The molecule has 7 heteroatoms. The van der Waals surface area contributed by atoms with Gasteiger partial charge in [-0.05, 0) is 72.6 Å². The first-order valence-corrected chi connectivity index (χ1v) is 11.9. The normalized spacial score (nSPS) is 16.5. The molecule has 4 aromatic rings. The molecule has 1 aliphatic heterocycles. The van der Waals surface area contributed by atoms with E-state index in [9.17, 15) is 17.6 Å². The summed E-state index contributed by atoms with van der Waals surface area (Å²) in [7, 11) is 0. The van der Waals surface area contributed by atoms with E-state index in [1.807, 2.05) is 23.1 Å². The van der Waals surface area contributed by atoms with Gasteiger partial charge >= 0.3 is 6.18 Å². The summed E-state index contributed by atoms with van der Waals surface area (Å²) >= 11 is 0. The predicted octanol–water partition coefficient (Wildman–Crippen LogP) is 7.64. The van der Waals surface area contributed by atoms with Crippen molar-refractivity contribution >= 4 is 22.1 Å². The molecule has 0 saturated heterocycles. The first kappa shape index (κ1) is 24.1. The predicted molar refractivity (Wildman–Crippen MR) is 134 cm³/mol. The number of fused-ring (bicyclic) bond motifs is 2. The fourth-order valence-corrected chi connectivity index (χ4v) is 4.75. The molecule has 36 heavy (non-hydrogen) atoms. The maximum absolute atomic E-state index is 14.0. The standard InChI is InChI=1S/C29H26F4N2O/c1-19(25-8-4-6-20-5-2-3-7-26(20)25)34-16-15-24-18-35(27-14-11-22(30)17-28(27)36-24)23-12-9-21(10-13-23)29(31,32)33/h2-14,17,19,24,34H,15-16,18H2,1H3. The quantitative estimate of drug-likeness (QED) is 0.279. The Morgan fingerprint density at radius 1 is 0.972 bits per heavy atom. The molecule has 0 saturated carbocycles. The summed E-state index contributed by atoms with van der Waals surface area (Å²) in [5, 5.41) is 5.94. The van der Waals surface area contributed by atoms with Crippen LogP contribution in [0.25, 0.3) is 10.8 Å². The van der Waals surface area contributed by atoms with Crippen LogP contribution in [0.3, 0.4) is 0 Å². The summed E-state index contributed by atoms with van der Waals surface area (Å²) in [6.45, 7) is 3.21. The highest BCUT2D eigenvalue weighted by atomic mass is 19.4. The Balaban J connectivity index is 1.31. The molecule has 0 radical (unpaired) electrons. The maximum atomic E-state index is 14.0. The average Bonchev–Trinajstić information content (AvgIpc) is 2.87. The number of benzene rings is 4. The number of halogens is 4. The topological polar surface area (TPSA) is 24.5 Å². The molecule has 5 rings (SSSR count). The van der Waals surface area contributed by atoms with E-state index in [4.69, 9.17) is 4.74 Å². The van der Waals surface area contributed by atoms with Crippen molar-refractivity contribution in [3.05, 3.63) is 102 Å². The lowest BCUT2D eigenvalue weighted by molar-refractivity contribution is -0.137. The van der Waals surface area contributed by atoms with Crippen LogP contribution in [-0.2, 0) is 6.18 Å². The van der Waals surface area contributed by atoms with Crippen LogP contribution in [0.5, 0.6) is 5.75 Å². The van der Waals surface area contributed by atoms with Gasteiger partial charge < -0.3 is 15.0 Å². The molecule has 0 aromatic heterocycles. The van der Waals surface area contributed by atoms with Gasteiger partial charge in [0.05, 0.1) is 17.8 Å². The summed E-state index contributed by atoms with van der Waals surface area (Å²) in [6, 6.07) is 23.9. The van der Waals surface area contributed by atoms with E-state index in [1.54, 1.807) is 6.07 Å². The van der Waals surface area contributed by atoms with E-state index in [1.165, 1.54) is 40.6 Å². The third-order valence-electron chi connectivity index (χ3n) is 6.61. The number of alkyl halides is 3. The van der Waals surface area contributed by atoms with E-state index >= 15 is 0 Å². The van der Waals surface area contributed by atoms with Crippen molar-refractivity contribution in [1.82, 2.24) is 5.32 Å². The van der Waals surface area contributed by atoms with E-state index in [-0.39, 0.29) is 12.1 Å². The number of hydrogen-bond acceptors (Lipinski definition) is 3. The van der Waals surface area contributed by atoms with Crippen molar-refractivity contribution in [1.29, 1.82) is 0 Å². The Hall–Kier alpha value is -3.58. The van der Waals surface area contributed by atoms with Gasteiger partial charge in [0, 0.05) is 17.8 Å². The van der Waals surface area contributed by atoms with Crippen LogP contribution in [-0.4, -0.2) is 19.2 Å². The third-order valence-corrected chi connectivity index (χ3v) is 6.61. The number of nitrogens with zero attached hydrogens (tertiary/aromatic N) is 1. The van der Waals surface area contributed by atoms with E-state index in [2.05, 4.69) is 36.5 Å². The SMILES string of the molecule is CC(NCCC1CN(c2ccc(C(F)(F)F)cc2)c2ccc(F)cc2O1)c1cccc2ccccc12. The highest BCUT2D eigenvalue weighted by molar-refractivity contribution is 5.86. The molecule has 2 unspecified atom stereocenters. The highest BCUT2D eigenvalue weighted by Crippen LogP contribution is 2.40. The summed E-state index contributed by atoms with van der Waals surface area (Å²) in [6.07, 6.45) is -4.03. The molecule has 0 aliphatic carbocycles. The largest absolute Gasteiger partial charge is 0.486 e. The Kier molecular flexibility index (Phi) is 6.58. The van der Waals surface area contributed by atoms with Crippen molar-refractivity contribution in [3.8, 4) is 5.75 Å². The van der Waals surface area contributed by atoms with Gasteiger partial charge in [0.15, 0.2) is 0 Å². The number of rotatable bonds is 6. The summed E-state index contributed by atoms with van der Waals surface area (Å²) in [5.41, 5.74) is 1.73. The molecule has 1 N–H and O–H groups in total. The van der Waals surface area contributed by atoms with Gasteiger partial charge in [-0.3, -0.25) is 0 Å². The van der Waals surface area contributed by atoms with Gasteiger partial charge in [-0.15, -0.1) is 0 Å². The highest BCUT2D eigenvalue weighted by Gasteiger charge is 2.31. The van der Waals surface area contributed by atoms with Crippen molar-refractivity contribution < 1.29 is 22.3 Å². The van der Waals surface area contributed by atoms with Crippen LogP contribution in [0, 0.1) is 5.82 Å². The van der Waals surface area contributed by atoms with Gasteiger partial charge in [-0.1, -0.05) is 42.5 Å². The zero-order chi connectivity index (χ0) is 25.3. The second kappa shape index (κ2) is 9.82. The minimum absolute atomic E-state index is 0.107. The Morgan fingerprint density at radius 2 is 1.72 bits per heavy atom. The van der Waals surface area contributed by atoms with Crippen molar-refractivity contribution in [2.75, 3.05) is 18.0 Å². The van der Waals surface area contributed by atoms with Crippen LogP contribution in [0.15, 0.2) is 84.9 Å². The summed E-state index contributed by atoms with van der Waals surface area (Å²) in [5.74, 6) is -0.0438. The Bertz CT molecular complexity index is 1350. The second-order valence-electron chi connectivity index (χ2n) is 9.04. The zero-order valence-corrected chi connectivity index (χ0v) is 19.7. The molecule has 0 fully saturated rings. The van der Waals surface area contributed by atoms with Gasteiger partial charge in [-0.25, -0.2) is 4.39 Å². The smallest absolute Gasteiger partial charge is 0.416 e. The molecule has 4 aromatic carbocycles. The summed E-state index contributed by atoms with van der Waals surface area (Å²) < 4.78 is 59.2. The average molecular weight is 495 g/mol. The molecule has 0 spiro atoms. The molecular weight excluding hydrogens is 468 g/mol. The van der Waals surface area contributed by atoms with Crippen LogP contribution < -0.4 is 15.0 Å². The fourth-order valence-electron chi connectivity index (χ4n) is 4.75. The molecular formula is C29H26F4N2O. The molecule has 0 bridgehead atoms. The van der Waals surface area contributed by atoms with Crippen molar-refractivity contribution in [3.63, 3.8) is 0 Å². The maximum Gasteiger partial charge on any atom is 0.416 e.